The third kappa shape index (κ3) is 3.12. The Hall–Kier alpha value is -0.750. The second-order valence-corrected chi connectivity index (χ2v) is 4.88. The van der Waals surface area contributed by atoms with E-state index in [9.17, 15) is 18.7 Å². The molecule has 1 saturated heterocycles. The van der Waals surface area contributed by atoms with Crippen LogP contribution < -0.4 is 5.32 Å². The van der Waals surface area contributed by atoms with Gasteiger partial charge in [0.05, 0.1) is 0 Å². The number of halogens is 2. The molecular formula is C10H17F2NO3. The minimum Gasteiger partial charge on any atom is -0.460 e. The summed E-state index contributed by atoms with van der Waals surface area (Å²) in [6.07, 6.45) is -5.10. The molecule has 0 radical (unpaired) electrons. The molecule has 4 unspecified atom stereocenters. The second kappa shape index (κ2) is 4.63. The van der Waals surface area contributed by atoms with Crippen LogP contribution in [0.1, 0.15) is 20.8 Å². The predicted molar refractivity (Wildman–Crippen MR) is 53.1 cm³/mol. The summed E-state index contributed by atoms with van der Waals surface area (Å²) in [5.74, 6) is -2.44. The third-order valence-electron chi connectivity index (χ3n) is 2.24. The van der Waals surface area contributed by atoms with Gasteiger partial charge in [0.1, 0.15) is 23.8 Å². The zero-order valence-electron chi connectivity index (χ0n) is 9.54. The molecule has 16 heavy (non-hydrogen) atoms. The van der Waals surface area contributed by atoms with Gasteiger partial charge in [-0.15, -0.1) is 0 Å². The zero-order chi connectivity index (χ0) is 12.5. The number of piperidine rings is 1. The molecule has 1 aliphatic rings. The van der Waals surface area contributed by atoms with Gasteiger partial charge in [-0.25, -0.2) is 8.78 Å². The molecule has 0 saturated carbocycles. The van der Waals surface area contributed by atoms with Crippen LogP contribution in [0.5, 0.6) is 0 Å². The number of esters is 1. The van der Waals surface area contributed by atoms with E-state index in [1.807, 2.05) is 0 Å². The lowest BCUT2D eigenvalue weighted by molar-refractivity contribution is -0.173. The van der Waals surface area contributed by atoms with Crippen molar-refractivity contribution in [1.82, 2.24) is 5.32 Å². The number of carbonyl (C=O) groups excluding carboxylic acids is 1. The monoisotopic (exact) mass is 237 g/mol. The number of nitrogens with one attached hydrogen (secondary N) is 1. The summed E-state index contributed by atoms with van der Waals surface area (Å²) >= 11 is 0. The van der Waals surface area contributed by atoms with Gasteiger partial charge in [0.25, 0.3) is 0 Å². The SMILES string of the molecule is CC(C)(C)OC(=O)C1C(F)NCC(F)C1O. The smallest absolute Gasteiger partial charge is 0.316 e. The van der Waals surface area contributed by atoms with E-state index in [0.717, 1.165) is 0 Å². The van der Waals surface area contributed by atoms with Crippen LogP contribution in [0.2, 0.25) is 0 Å². The van der Waals surface area contributed by atoms with Gasteiger partial charge in [0.15, 0.2) is 6.30 Å². The highest BCUT2D eigenvalue weighted by atomic mass is 19.1. The zero-order valence-corrected chi connectivity index (χ0v) is 9.54. The van der Waals surface area contributed by atoms with E-state index < -0.39 is 36.1 Å². The summed E-state index contributed by atoms with van der Waals surface area (Å²) in [7, 11) is 0. The van der Waals surface area contributed by atoms with Gasteiger partial charge < -0.3 is 9.84 Å². The van der Waals surface area contributed by atoms with Gasteiger partial charge in [-0.1, -0.05) is 0 Å². The first-order chi connectivity index (χ1) is 7.22. The van der Waals surface area contributed by atoms with E-state index in [-0.39, 0.29) is 6.54 Å². The molecule has 4 nitrogen and oxygen atoms in total. The molecule has 0 aromatic rings. The number of hydrogen-bond acceptors (Lipinski definition) is 4. The first-order valence-electron chi connectivity index (χ1n) is 5.15. The maximum Gasteiger partial charge on any atom is 0.316 e. The van der Waals surface area contributed by atoms with Crippen molar-refractivity contribution in [3.8, 4) is 0 Å². The molecular weight excluding hydrogens is 220 g/mol. The first kappa shape index (κ1) is 13.3. The third-order valence-corrected chi connectivity index (χ3v) is 2.24. The Morgan fingerprint density at radius 3 is 2.50 bits per heavy atom. The summed E-state index contributed by atoms with van der Waals surface area (Å²) in [5, 5.41) is 11.6. The maximum atomic E-state index is 13.4. The number of ether oxygens (including phenoxy) is 1. The normalized spacial score (nSPS) is 35.9. The van der Waals surface area contributed by atoms with E-state index in [0.29, 0.717) is 0 Å². The largest absolute Gasteiger partial charge is 0.460 e. The van der Waals surface area contributed by atoms with Crippen LogP contribution >= 0.6 is 0 Å². The molecule has 1 fully saturated rings. The average Bonchev–Trinajstić information content (AvgIpc) is 2.09. The number of hydrogen-bond donors (Lipinski definition) is 2. The van der Waals surface area contributed by atoms with Crippen molar-refractivity contribution >= 4 is 5.97 Å². The lowest BCUT2D eigenvalue weighted by atomic mass is 9.93. The van der Waals surface area contributed by atoms with E-state index >= 15 is 0 Å². The Kier molecular flexibility index (Phi) is 3.85. The summed E-state index contributed by atoms with van der Waals surface area (Å²) in [4.78, 5) is 11.6. The van der Waals surface area contributed by atoms with Crippen molar-refractivity contribution in [2.24, 2.45) is 5.92 Å². The molecule has 0 bridgehead atoms. The van der Waals surface area contributed by atoms with E-state index in [1.165, 1.54) is 0 Å². The topological polar surface area (TPSA) is 58.6 Å². The fourth-order valence-electron chi connectivity index (χ4n) is 1.50. The number of rotatable bonds is 1. The van der Waals surface area contributed by atoms with Gasteiger partial charge in [0.2, 0.25) is 0 Å². The van der Waals surface area contributed by atoms with Crippen LogP contribution in [0.3, 0.4) is 0 Å². The van der Waals surface area contributed by atoms with E-state index in [4.69, 9.17) is 4.74 Å². The summed E-state index contributed by atoms with van der Waals surface area (Å²) in [6, 6.07) is 0. The fraction of sp³-hybridized carbons (Fsp3) is 0.900. The maximum absolute atomic E-state index is 13.4. The minimum absolute atomic E-state index is 0.304. The summed E-state index contributed by atoms with van der Waals surface area (Å²) in [6.45, 7) is 4.55. The van der Waals surface area contributed by atoms with Gasteiger partial charge in [-0.05, 0) is 20.8 Å². The van der Waals surface area contributed by atoms with E-state index in [1.54, 1.807) is 20.8 Å². The molecule has 4 atom stereocenters. The number of carbonyl (C=O) groups is 1. The van der Waals surface area contributed by atoms with Crippen molar-refractivity contribution in [3.63, 3.8) is 0 Å². The molecule has 2 N–H and O–H groups in total. The molecule has 0 amide bonds. The molecule has 0 aliphatic carbocycles. The van der Waals surface area contributed by atoms with Crippen LogP contribution in [0, 0.1) is 5.92 Å². The second-order valence-electron chi connectivity index (χ2n) is 4.88. The van der Waals surface area contributed by atoms with Crippen molar-refractivity contribution in [2.45, 2.75) is 44.9 Å². The van der Waals surface area contributed by atoms with Crippen molar-refractivity contribution in [2.75, 3.05) is 6.54 Å². The molecule has 0 aromatic carbocycles. The number of aliphatic hydroxyl groups excluding tert-OH is 1. The Morgan fingerprint density at radius 2 is 2.00 bits per heavy atom. The highest BCUT2D eigenvalue weighted by Gasteiger charge is 2.45. The lowest BCUT2D eigenvalue weighted by Crippen LogP contribution is -2.56. The fourth-order valence-corrected chi connectivity index (χ4v) is 1.50. The van der Waals surface area contributed by atoms with E-state index in [2.05, 4.69) is 5.32 Å². The molecule has 0 aromatic heterocycles. The highest BCUT2D eigenvalue weighted by molar-refractivity contribution is 5.74. The van der Waals surface area contributed by atoms with Gasteiger partial charge >= 0.3 is 5.97 Å². The highest BCUT2D eigenvalue weighted by Crippen LogP contribution is 2.24. The quantitative estimate of drug-likeness (QED) is 0.516. The molecule has 0 spiro atoms. The van der Waals surface area contributed by atoms with Gasteiger partial charge in [-0.2, -0.15) is 0 Å². The molecule has 1 aliphatic heterocycles. The van der Waals surface area contributed by atoms with Crippen molar-refractivity contribution < 1.29 is 23.4 Å². The minimum atomic E-state index is -1.78. The Bertz CT molecular complexity index is 267. The number of aliphatic hydroxyl groups is 1. The van der Waals surface area contributed by atoms with Gasteiger partial charge in [0, 0.05) is 6.54 Å². The first-order valence-corrected chi connectivity index (χ1v) is 5.15. The molecule has 6 heteroatoms. The Labute approximate surface area is 93.0 Å². The standard InChI is InChI=1S/C10H17F2NO3/c1-10(2,3)16-9(15)6-7(14)5(11)4-13-8(6)12/h5-8,13-14H,4H2,1-3H3. The molecule has 1 rings (SSSR count). The van der Waals surface area contributed by atoms with Crippen LogP contribution in [0.4, 0.5) is 8.78 Å². The molecule has 94 valence electrons. The van der Waals surface area contributed by atoms with Gasteiger partial charge in [-0.3, -0.25) is 10.1 Å². The number of alkyl halides is 2. The van der Waals surface area contributed by atoms with Crippen LogP contribution in [0.25, 0.3) is 0 Å². The lowest BCUT2D eigenvalue weighted by Gasteiger charge is -2.34. The average molecular weight is 237 g/mol. The summed E-state index contributed by atoms with van der Waals surface area (Å²) in [5.41, 5.74) is -0.792. The van der Waals surface area contributed by atoms with Crippen LogP contribution in [-0.2, 0) is 9.53 Å². The van der Waals surface area contributed by atoms with Crippen molar-refractivity contribution in [1.29, 1.82) is 0 Å². The van der Waals surface area contributed by atoms with Crippen LogP contribution in [0.15, 0.2) is 0 Å². The molecule has 1 heterocycles. The summed E-state index contributed by atoms with van der Waals surface area (Å²) < 4.78 is 31.4. The Morgan fingerprint density at radius 1 is 1.44 bits per heavy atom. The Balaban J connectivity index is 2.72. The predicted octanol–water partition coefficient (Wildman–Crippen LogP) is 0.542. The van der Waals surface area contributed by atoms with Crippen molar-refractivity contribution in [3.05, 3.63) is 0 Å². The van der Waals surface area contributed by atoms with Crippen LogP contribution in [-0.4, -0.2) is 41.8 Å².